The van der Waals surface area contributed by atoms with Crippen molar-refractivity contribution >= 4 is 17.5 Å². The third kappa shape index (κ3) is 4.36. The normalized spacial score (nSPS) is 22.6. The SMILES string of the molecule is CC(C(=O)N1CCCCC1)N1CCN(C(C)c2ccccc2Cl)CC1. The molecule has 0 aliphatic carbocycles. The van der Waals surface area contributed by atoms with Gasteiger partial charge in [0.05, 0.1) is 6.04 Å². The van der Waals surface area contributed by atoms with Crippen LogP contribution >= 0.6 is 11.6 Å². The van der Waals surface area contributed by atoms with E-state index in [1.54, 1.807) is 0 Å². The molecule has 2 fully saturated rings. The lowest BCUT2D eigenvalue weighted by atomic mass is 10.1. The van der Waals surface area contributed by atoms with E-state index in [0.29, 0.717) is 11.9 Å². The Hall–Kier alpha value is -1.10. The van der Waals surface area contributed by atoms with Crippen molar-refractivity contribution in [3.05, 3.63) is 34.9 Å². The van der Waals surface area contributed by atoms with Crippen LogP contribution in [0.2, 0.25) is 5.02 Å². The molecule has 2 aliphatic heterocycles. The zero-order chi connectivity index (χ0) is 17.8. The summed E-state index contributed by atoms with van der Waals surface area (Å²) >= 11 is 6.36. The Balaban J connectivity index is 1.54. The topological polar surface area (TPSA) is 26.8 Å². The number of hydrogen-bond donors (Lipinski definition) is 0. The van der Waals surface area contributed by atoms with E-state index in [0.717, 1.165) is 57.1 Å². The molecule has 2 saturated heterocycles. The molecule has 1 amide bonds. The number of rotatable bonds is 4. The molecule has 3 rings (SSSR count). The lowest BCUT2D eigenvalue weighted by Gasteiger charge is -2.41. The zero-order valence-electron chi connectivity index (χ0n) is 15.5. The standard InChI is InChI=1S/C20H30ClN3O/c1-16(18-8-4-5-9-19(18)21)22-12-14-23(15-13-22)17(2)20(25)24-10-6-3-7-11-24/h4-5,8-9,16-17H,3,6-7,10-15H2,1-2H3. The summed E-state index contributed by atoms with van der Waals surface area (Å²) in [4.78, 5) is 19.6. The van der Waals surface area contributed by atoms with Crippen molar-refractivity contribution in [1.29, 1.82) is 0 Å². The Morgan fingerprint density at radius 2 is 1.52 bits per heavy atom. The van der Waals surface area contributed by atoms with E-state index in [-0.39, 0.29) is 6.04 Å². The molecule has 0 aromatic heterocycles. The van der Waals surface area contributed by atoms with Gasteiger partial charge < -0.3 is 4.90 Å². The summed E-state index contributed by atoms with van der Waals surface area (Å²) in [5.74, 6) is 0.312. The number of piperazine rings is 1. The van der Waals surface area contributed by atoms with Crippen molar-refractivity contribution in [2.75, 3.05) is 39.3 Å². The highest BCUT2D eigenvalue weighted by Gasteiger charge is 2.30. The first kappa shape index (κ1) is 18.7. The number of amides is 1. The van der Waals surface area contributed by atoms with Gasteiger partial charge in [0, 0.05) is 50.3 Å². The van der Waals surface area contributed by atoms with Crippen molar-refractivity contribution < 1.29 is 4.79 Å². The second-order valence-corrected chi connectivity index (χ2v) is 7.74. The Morgan fingerprint density at radius 3 is 2.16 bits per heavy atom. The molecule has 5 heteroatoms. The van der Waals surface area contributed by atoms with Crippen LogP contribution < -0.4 is 0 Å². The summed E-state index contributed by atoms with van der Waals surface area (Å²) < 4.78 is 0. The Labute approximate surface area is 156 Å². The predicted molar refractivity (Wildman–Crippen MR) is 103 cm³/mol. The molecule has 0 bridgehead atoms. The van der Waals surface area contributed by atoms with Crippen LogP contribution in [0, 0.1) is 0 Å². The van der Waals surface area contributed by atoms with Crippen molar-refractivity contribution in [2.45, 2.75) is 45.2 Å². The van der Waals surface area contributed by atoms with Crippen LogP contribution in [-0.4, -0.2) is 65.9 Å². The Bertz CT molecular complexity index is 580. The van der Waals surface area contributed by atoms with E-state index in [2.05, 4.69) is 34.6 Å². The van der Waals surface area contributed by atoms with E-state index >= 15 is 0 Å². The second-order valence-electron chi connectivity index (χ2n) is 7.33. The minimum Gasteiger partial charge on any atom is -0.341 e. The maximum absolute atomic E-state index is 12.7. The number of hydrogen-bond acceptors (Lipinski definition) is 3. The van der Waals surface area contributed by atoms with Crippen molar-refractivity contribution in [1.82, 2.24) is 14.7 Å². The van der Waals surface area contributed by atoms with Crippen LogP contribution in [0.1, 0.15) is 44.7 Å². The average Bonchev–Trinajstić information content (AvgIpc) is 2.67. The van der Waals surface area contributed by atoms with Crippen LogP contribution in [0.3, 0.4) is 0 Å². The zero-order valence-corrected chi connectivity index (χ0v) is 16.2. The maximum Gasteiger partial charge on any atom is 0.239 e. The van der Waals surface area contributed by atoms with Crippen LogP contribution in [0.25, 0.3) is 0 Å². The van der Waals surface area contributed by atoms with Gasteiger partial charge in [-0.05, 0) is 44.7 Å². The average molecular weight is 364 g/mol. The molecule has 0 N–H and O–H groups in total. The van der Waals surface area contributed by atoms with Crippen molar-refractivity contribution in [2.24, 2.45) is 0 Å². The molecule has 2 aliphatic rings. The molecule has 1 aromatic rings. The number of carbonyl (C=O) groups excluding carboxylic acids is 1. The Kier molecular flexibility index (Phi) is 6.37. The molecule has 0 spiro atoms. The predicted octanol–water partition coefficient (Wildman–Crippen LogP) is 3.42. The first-order valence-electron chi connectivity index (χ1n) is 9.59. The third-order valence-corrected chi connectivity index (χ3v) is 6.17. The maximum atomic E-state index is 12.7. The number of likely N-dealkylation sites (tertiary alicyclic amines) is 1. The molecule has 2 heterocycles. The van der Waals surface area contributed by atoms with Gasteiger partial charge in [-0.3, -0.25) is 14.6 Å². The lowest BCUT2D eigenvalue weighted by molar-refractivity contribution is -0.138. The van der Waals surface area contributed by atoms with Gasteiger partial charge in [-0.2, -0.15) is 0 Å². The molecule has 0 saturated carbocycles. The number of piperidine rings is 1. The van der Waals surface area contributed by atoms with E-state index in [9.17, 15) is 4.79 Å². The van der Waals surface area contributed by atoms with Gasteiger partial charge in [-0.15, -0.1) is 0 Å². The first-order chi connectivity index (χ1) is 12.1. The summed E-state index contributed by atoms with van der Waals surface area (Å²) in [6.45, 7) is 10.0. The second kappa shape index (κ2) is 8.52. The van der Waals surface area contributed by atoms with Crippen molar-refractivity contribution in [3.8, 4) is 0 Å². The molecule has 0 radical (unpaired) electrons. The van der Waals surface area contributed by atoms with Crippen LogP contribution in [0.4, 0.5) is 0 Å². The van der Waals surface area contributed by atoms with Gasteiger partial charge in [0.1, 0.15) is 0 Å². The molecule has 138 valence electrons. The van der Waals surface area contributed by atoms with Gasteiger partial charge >= 0.3 is 0 Å². The van der Waals surface area contributed by atoms with Crippen molar-refractivity contribution in [3.63, 3.8) is 0 Å². The van der Waals surface area contributed by atoms with E-state index < -0.39 is 0 Å². The lowest BCUT2D eigenvalue weighted by Crippen LogP contribution is -2.55. The number of carbonyl (C=O) groups is 1. The minimum absolute atomic E-state index is 0.00382. The number of nitrogens with zero attached hydrogens (tertiary/aromatic N) is 3. The monoisotopic (exact) mass is 363 g/mol. The Morgan fingerprint density at radius 1 is 0.920 bits per heavy atom. The summed E-state index contributed by atoms with van der Waals surface area (Å²) in [6.07, 6.45) is 3.57. The molecule has 2 atom stereocenters. The molecule has 25 heavy (non-hydrogen) atoms. The molecular weight excluding hydrogens is 334 g/mol. The molecule has 2 unspecified atom stereocenters. The minimum atomic E-state index is -0.00382. The first-order valence-corrected chi connectivity index (χ1v) is 9.97. The van der Waals surface area contributed by atoms with E-state index in [1.807, 2.05) is 18.2 Å². The van der Waals surface area contributed by atoms with Gasteiger partial charge in [0.2, 0.25) is 5.91 Å². The van der Waals surface area contributed by atoms with Gasteiger partial charge in [-0.1, -0.05) is 29.8 Å². The quantitative estimate of drug-likeness (QED) is 0.820. The van der Waals surface area contributed by atoms with Crippen LogP contribution in [0.5, 0.6) is 0 Å². The van der Waals surface area contributed by atoms with Crippen LogP contribution in [-0.2, 0) is 4.79 Å². The highest BCUT2D eigenvalue weighted by atomic mass is 35.5. The summed E-state index contributed by atoms with van der Waals surface area (Å²) in [5, 5.41) is 0.839. The molecule has 1 aromatic carbocycles. The van der Waals surface area contributed by atoms with Crippen LogP contribution in [0.15, 0.2) is 24.3 Å². The highest BCUT2D eigenvalue weighted by molar-refractivity contribution is 6.31. The third-order valence-electron chi connectivity index (χ3n) is 5.82. The fraction of sp³-hybridized carbons (Fsp3) is 0.650. The molecule has 4 nitrogen and oxygen atoms in total. The van der Waals surface area contributed by atoms with E-state index in [4.69, 9.17) is 11.6 Å². The van der Waals surface area contributed by atoms with Gasteiger partial charge in [-0.25, -0.2) is 0 Å². The highest BCUT2D eigenvalue weighted by Crippen LogP contribution is 2.28. The summed E-state index contributed by atoms with van der Waals surface area (Å²) in [5.41, 5.74) is 1.19. The smallest absolute Gasteiger partial charge is 0.239 e. The number of benzene rings is 1. The van der Waals surface area contributed by atoms with E-state index in [1.165, 1.54) is 12.0 Å². The molecular formula is C20H30ClN3O. The van der Waals surface area contributed by atoms with Gasteiger partial charge in [0.25, 0.3) is 0 Å². The fourth-order valence-corrected chi connectivity index (χ4v) is 4.35. The largest absolute Gasteiger partial charge is 0.341 e. The summed E-state index contributed by atoms with van der Waals surface area (Å²) in [6, 6.07) is 8.41. The fourth-order valence-electron chi connectivity index (χ4n) is 4.06. The summed E-state index contributed by atoms with van der Waals surface area (Å²) in [7, 11) is 0. The number of halogens is 1. The van der Waals surface area contributed by atoms with Gasteiger partial charge in [0.15, 0.2) is 0 Å².